The molecule has 2 aromatic rings. The highest BCUT2D eigenvalue weighted by molar-refractivity contribution is 5.72. The van der Waals surface area contributed by atoms with E-state index in [-0.39, 0.29) is 5.97 Å². The number of carbonyl (C=O) groups is 3. The van der Waals surface area contributed by atoms with Gasteiger partial charge in [-0.05, 0) is 74.6 Å². The molecule has 0 N–H and O–H groups in total. The fraction of sp³-hybridized carbons (Fsp3) is 0.486. The quantitative estimate of drug-likeness (QED) is 0.0388. The predicted octanol–water partition coefficient (Wildman–Crippen LogP) is 9.47. The summed E-state index contributed by atoms with van der Waals surface area (Å²) < 4.78 is 10.7. The van der Waals surface area contributed by atoms with Gasteiger partial charge in [-0.1, -0.05) is 112 Å². The molecule has 0 saturated carbocycles. The molecule has 0 amide bonds. The fourth-order valence-electron chi connectivity index (χ4n) is 4.88. The number of rotatable bonds is 25. The highest BCUT2D eigenvalue weighted by Crippen LogP contribution is 2.21. The number of hydrogen-bond acceptors (Lipinski definition) is 5. The van der Waals surface area contributed by atoms with Gasteiger partial charge in [-0.2, -0.15) is 0 Å². The van der Waals surface area contributed by atoms with Crippen molar-refractivity contribution in [1.82, 2.24) is 0 Å². The van der Waals surface area contributed by atoms with Crippen molar-refractivity contribution in [3.8, 4) is 11.5 Å². The Morgan fingerprint density at radius 1 is 0.548 bits per heavy atom. The van der Waals surface area contributed by atoms with Gasteiger partial charge in [0.2, 0.25) is 0 Å². The minimum absolute atomic E-state index is 0.148. The number of hydrogen-bond donors (Lipinski definition) is 0. The lowest BCUT2D eigenvalue weighted by molar-refractivity contribution is -0.134. The summed E-state index contributed by atoms with van der Waals surface area (Å²) in [5, 5.41) is 0. The van der Waals surface area contributed by atoms with Crippen LogP contribution >= 0.6 is 0 Å². The third-order valence-electron chi connectivity index (χ3n) is 7.30. The van der Waals surface area contributed by atoms with Crippen LogP contribution in [0.25, 0.3) is 0 Å². The highest BCUT2D eigenvalue weighted by atomic mass is 16.5. The van der Waals surface area contributed by atoms with Crippen molar-refractivity contribution >= 4 is 18.7 Å². The summed E-state index contributed by atoms with van der Waals surface area (Å²) in [6.07, 6.45) is 28.1. The van der Waals surface area contributed by atoms with E-state index in [4.69, 9.17) is 9.47 Å². The molecule has 42 heavy (non-hydrogen) atoms. The van der Waals surface area contributed by atoms with Crippen molar-refractivity contribution < 1.29 is 23.9 Å². The molecular weight excluding hydrogens is 524 g/mol. The number of benzene rings is 2. The minimum atomic E-state index is -0.148. The maximum atomic E-state index is 12.4. The average molecular weight is 575 g/mol. The van der Waals surface area contributed by atoms with Crippen LogP contribution in [-0.2, 0) is 27.2 Å². The molecular formula is C37H50O5. The zero-order chi connectivity index (χ0) is 29.9. The van der Waals surface area contributed by atoms with Gasteiger partial charge in [-0.15, -0.1) is 0 Å². The number of aldehydes is 1. The number of esters is 1. The summed E-state index contributed by atoms with van der Waals surface area (Å²) >= 11 is 0. The van der Waals surface area contributed by atoms with Crippen LogP contribution < -0.4 is 9.47 Å². The molecule has 0 heterocycles. The third kappa shape index (κ3) is 16.7. The van der Waals surface area contributed by atoms with Crippen LogP contribution in [0.1, 0.15) is 114 Å². The monoisotopic (exact) mass is 574 g/mol. The molecule has 0 aliphatic carbocycles. The first-order valence-corrected chi connectivity index (χ1v) is 15.9. The van der Waals surface area contributed by atoms with Gasteiger partial charge in [-0.25, -0.2) is 0 Å². The Labute approximate surface area is 253 Å². The summed E-state index contributed by atoms with van der Waals surface area (Å²) in [6.45, 7) is 0.470. The summed E-state index contributed by atoms with van der Waals surface area (Å²) in [4.78, 5) is 33.4. The van der Waals surface area contributed by atoms with E-state index in [0.29, 0.717) is 30.8 Å². The SMILES string of the molecule is O=CCCCCCCCC/C=C\Cc1ccccc1OC(=O)CCCCCCCC/C=C/Cc1ccccc1OC=O. The standard InChI is InChI=1S/C37H50O5/c38-31-23-15-11-7-2-1-4-9-13-17-25-34-27-20-22-29-36(34)42-37(40)30-18-14-10-6-3-5-8-12-16-24-33-26-19-21-28-35(33)41-32-39/h12-13,16-17,19-22,26-29,31-32H,1-11,14-15,18,23-25,30H2/b16-12+,17-13-. The predicted molar refractivity (Wildman–Crippen MR) is 171 cm³/mol. The molecule has 0 radical (unpaired) electrons. The second kappa shape index (κ2) is 24.2. The smallest absolute Gasteiger partial charge is 0.311 e. The van der Waals surface area contributed by atoms with Gasteiger partial charge in [-0.3, -0.25) is 9.59 Å². The maximum absolute atomic E-state index is 12.4. The molecule has 0 aliphatic heterocycles. The highest BCUT2D eigenvalue weighted by Gasteiger charge is 2.08. The fourth-order valence-corrected chi connectivity index (χ4v) is 4.88. The lowest BCUT2D eigenvalue weighted by Gasteiger charge is -2.09. The van der Waals surface area contributed by atoms with E-state index in [1.807, 2.05) is 48.5 Å². The third-order valence-corrected chi connectivity index (χ3v) is 7.30. The van der Waals surface area contributed by atoms with Crippen LogP contribution in [0.3, 0.4) is 0 Å². The molecule has 0 spiro atoms. The lowest BCUT2D eigenvalue weighted by atomic mass is 10.1. The molecule has 0 aromatic heterocycles. The van der Waals surface area contributed by atoms with Crippen molar-refractivity contribution in [2.24, 2.45) is 0 Å². The van der Waals surface area contributed by atoms with E-state index >= 15 is 0 Å². The molecule has 2 rings (SSSR count). The molecule has 228 valence electrons. The van der Waals surface area contributed by atoms with Gasteiger partial charge in [0.25, 0.3) is 6.47 Å². The maximum Gasteiger partial charge on any atom is 0.311 e. The molecule has 0 fully saturated rings. The number of unbranched alkanes of at least 4 members (excludes halogenated alkanes) is 13. The summed E-state index contributed by atoms with van der Waals surface area (Å²) in [5.74, 6) is 1.15. The van der Waals surface area contributed by atoms with Crippen LogP contribution in [0.4, 0.5) is 0 Å². The Morgan fingerprint density at radius 3 is 1.60 bits per heavy atom. The first kappa shape index (κ1) is 34.7. The summed E-state index contributed by atoms with van der Waals surface area (Å²) in [6, 6.07) is 15.4. The van der Waals surface area contributed by atoms with Crippen LogP contribution in [-0.4, -0.2) is 18.7 Å². The van der Waals surface area contributed by atoms with Crippen molar-refractivity contribution in [3.05, 3.63) is 84.0 Å². The minimum Gasteiger partial charge on any atom is -0.428 e. The van der Waals surface area contributed by atoms with E-state index in [9.17, 15) is 14.4 Å². The molecule has 0 aliphatic rings. The largest absolute Gasteiger partial charge is 0.428 e. The molecule has 2 aromatic carbocycles. The van der Waals surface area contributed by atoms with E-state index in [0.717, 1.165) is 81.6 Å². The second-order valence-electron chi connectivity index (χ2n) is 10.8. The van der Waals surface area contributed by atoms with E-state index in [1.54, 1.807) is 0 Å². The molecule has 5 nitrogen and oxygen atoms in total. The van der Waals surface area contributed by atoms with Gasteiger partial charge in [0.05, 0.1) is 0 Å². The Morgan fingerprint density at radius 2 is 1.02 bits per heavy atom. The Hall–Kier alpha value is -3.47. The zero-order valence-electron chi connectivity index (χ0n) is 25.4. The lowest BCUT2D eigenvalue weighted by Crippen LogP contribution is -2.09. The van der Waals surface area contributed by atoms with Crippen molar-refractivity contribution in [3.63, 3.8) is 0 Å². The Balaban J connectivity index is 1.50. The second-order valence-corrected chi connectivity index (χ2v) is 10.8. The molecule has 5 heteroatoms. The topological polar surface area (TPSA) is 69.7 Å². The van der Waals surface area contributed by atoms with Gasteiger partial charge in [0.15, 0.2) is 0 Å². The number of ether oxygens (including phenoxy) is 2. The summed E-state index contributed by atoms with van der Waals surface area (Å²) in [5.41, 5.74) is 2.06. The number of para-hydroxylation sites is 2. The van der Waals surface area contributed by atoms with Crippen molar-refractivity contribution in [1.29, 1.82) is 0 Å². The normalized spacial score (nSPS) is 11.2. The van der Waals surface area contributed by atoms with E-state index < -0.39 is 0 Å². The van der Waals surface area contributed by atoms with Crippen LogP contribution in [0.15, 0.2) is 72.8 Å². The first-order chi connectivity index (χ1) is 20.7. The van der Waals surface area contributed by atoms with Crippen LogP contribution in [0.2, 0.25) is 0 Å². The zero-order valence-corrected chi connectivity index (χ0v) is 25.4. The number of carbonyl (C=O) groups excluding carboxylic acids is 3. The summed E-state index contributed by atoms with van der Waals surface area (Å²) in [7, 11) is 0. The van der Waals surface area contributed by atoms with Crippen molar-refractivity contribution in [2.75, 3.05) is 0 Å². The van der Waals surface area contributed by atoms with E-state index in [1.165, 1.54) is 38.5 Å². The van der Waals surface area contributed by atoms with Gasteiger partial charge in [0.1, 0.15) is 17.8 Å². The Kier molecular flexibility index (Phi) is 20.0. The van der Waals surface area contributed by atoms with Gasteiger partial charge >= 0.3 is 5.97 Å². The molecule has 0 unspecified atom stereocenters. The first-order valence-electron chi connectivity index (χ1n) is 15.9. The van der Waals surface area contributed by atoms with Gasteiger partial charge in [0, 0.05) is 12.8 Å². The van der Waals surface area contributed by atoms with E-state index in [2.05, 4.69) is 24.3 Å². The Bertz CT molecular complexity index is 1070. The molecule has 0 bridgehead atoms. The number of allylic oxidation sites excluding steroid dienone is 4. The molecule has 0 saturated heterocycles. The van der Waals surface area contributed by atoms with Crippen LogP contribution in [0, 0.1) is 0 Å². The molecule has 0 atom stereocenters. The average Bonchev–Trinajstić information content (AvgIpc) is 3.00. The van der Waals surface area contributed by atoms with Crippen molar-refractivity contribution in [2.45, 2.75) is 116 Å². The van der Waals surface area contributed by atoms with Gasteiger partial charge < -0.3 is 14.3 Å². The van der Waals surface area contributed by atoms with Crippen LogP contribution in [0.5, 0.6) is 11.5 Å².